The Morgan fingerprint density at radius 3 is 2.15 bits per heavy atom. The number of benzene rings is 1. The predicted octanol–water partition coefficient (Wildman–Crippen LogP) is 2.23. The van der Waals surface area contributed by atoms with E-state index in [0.717, 1.165) is 25.9 Å². The van der Waals surface area contributed by atoms with Crippen LogP contribution >= 0.6 is 0 Å². The van der Waals surface area contributed by atoms with Gasteiger partial charge in [0.2, 0.25) is 0 Å². The summed E-state index contributed by atoms with van der Waals surface area (Å²) in [5.41, 5.74) is 2.32. The van der Waals surface area contributed by atoms with Crippen molar-refractivity contribution in [3.05, 3.63) is 47.0 Å². The van der Waals surface area contributed by atoms with Gasteiger partial charge in [-0.25, -0.2) is 4.79 Å². The van der Waals surface area contributed by atoms with Crippen LogP contribution in [-0.2, 0) is 4.79 Å². The minimum atomic E-state index is -5.08. The zero-order chi connectivity index (χ0) is 19.3. The molecule has 9 heteroatoms. The highest BCUT2D eigenvalue weighted by molar-refractivity contribution is 6.21. The molecule has 0 atom stereocenters. The lowest BCUT2D eigenvalue weighted by Gasteiger charge is -2.17. The van der Waals surface area contributed by atoms with E-state index < -0.39 is 12.1 Å². The third kappa shape index (κ3) is 4.69. The summed E-state index contributed by atoms with van der Waals surface area (Å²) in [5.74, 6) is -3.12. The monoisotopic (exact) mass is 370 g/mol. The number of halogens is 3. The Morgan fingerprint density at radius 2 is 1.73 bits per heavy atom. The molecule has 0 saturated carbocycles. The molecule has 0 bridgehead atoms. The van der Waals surface area contributed by atoms with Gasteiger partial charge in [-0.05, 0) is 31.5 Å². The van der Waals surface area contributed by atoms with Gasteiger partial charge in [0.05, 0.1) is 11.1 Å². The maximum absolute atomic E-state index is 12.1. The van der Waals surface area contributed by atoms with Gasteiger partial charge in [-0.2, -0.15) is 13.2 Å². The van der Waals surface area contributed by atoms with Crippen molar-refractivity contribution in [2.75, 3.05) is 19.6 Å². The summed E-state index contributed by atoms with van der Waals surface area (Å²) in [6.07, 6.45) is -0.905. The number of hydrogen-bond acceptors (Lipinski definition) is 4. The zero-order valence-electron chi connectivity index (χ0n) is 13.7. The Labute approximate surface area is 147 Å². The number of piperidine rings is 1. The van der Waals surface area contributed by atoms with Crippen molar-refractivity contribution in [2.24, 2.45) is 0 Å². The van der Waals surface area contributed by atoms with Crippen LogP contribution in [0, 0.1) is 0 Å². The lowest BCUT2D eigenvalue weighted by molar-refractivity contribution is -0.192. The molecule has 0 spiro atoms. The van der Waals surface area contributed by atoms with Crippen LogP contribution in [0.15, 0.2) is 35.9 Å². The normalized spacial score (nSPS) is 18.4. The molecule has 0 unspecified atom stereocenters. The SMILES string of the molecule is O=C(O)C(F)(F)F.O=C1c2ccccc2C(=O)N1C/C=C1/CCCNC1. The van der Waals surface area contributed by atoms with Crippen molar-refractivity contribution < 1.29 is 32.7 Å². The number of amides is 2. The third-order valence-corrected chi connectivity index (χ3v) is 3.89. The molecule has 2 aliphatic rings. The fourth-order valence-corrected chi connectivity index (χ4v) is 2.58. The highest BCUT2D eigenvalue weighted by Gasteiger charge is 2.38. The highest BCUT2D eigenvalue weighted by atomic mass is 19.4. The number of hydrogen-bond donors (Lipinski definition) is 2. The number of rotatable bonds is 2. The maximum Gasteiger partial charge on any atom is 0.490 e. The van der Waals surface area contributed by atoms with Gasteiger partial charge in [0.25, 0.3) is 11.8 Å². The van der Waals surface area contributed by atoms with E-state index in [9.17, 15) is 22.8 Å². The summed E-state index contributed by atoms with van der Waals surface area (Å²) >= 11 is 0. The van der Waals surface area contributed by atoms with E-state index in [1.165, 1.54) is 10.5 Å². The van der Waals surface area contributed by atoms with E-state index in [0.29, 0.717) is 17.7 Å². The summed E-state index contributed by atoms with van der Waals surface area (Å²) < 4.78 is 31.7. The summed E-state index contributed by atoms with van der Waals surface area (Å²) in [4.78, 5) is 34.5. The first-order valence-electron chi connectivity index (χ1n) is 7.85. The van der Waals surface area contributed by atoms with Crippen LogP contribution in [0.25, 0.3) is 0 Å². The molecule has 6 nitrogen and oxygen atoms in total. The lowest BCUT2D eigenvalue weighted by Crippen LogP contribution is -2.31. The summed E-state index contributed by atoms with van der Waals surface area (Å²) in [5, 5.41) is 10.4. The quantitative estimate of drug-likeness (QED) is 0.616. The Hall–Kier alpha value is -2.68. The number of carboxylic acid groups (broad SMARTS) is 1. The van der Waals surface area contributed by atoms with Gasteiger partial charge < -0.3 is 10.4 Å². The molecule has 1 saturated heterocycles. The van der Waals surface area contributed by atoms with Gasteiger partial charge in [0.15, 0.2) is 0 Å². The lowest BCUT2D eigenvalue weighted by atomic mass is 10.1. The summed E-state index contributed by atoms with van der Waals surface area (Å²) in [6, 6.07) is 7.00. The number of fused-ring (bicyclic) bond motifs is 1. The molecule has 2 heterocycles. The number of alkyl halides is 3. The second-order valence-electron chi connectivity index (χ2n) is 5.71. The fourth-order valence-electron chi connectivity index (χ4n) is 2.58. The summed E-state index contributed by atoms with van der Waals surface area (Å²) in [6.45, 7) is 2.29. The van der Waals surface area contributed by atoms with Gasteiger partial charge in [0, 0.05) is 13.1 Å². The van der Waals surface area contributed by atoms with E-state index in [2.05, 4.69) is 5.32 Å². The fraction of sp³-hybridized carbons (Fsp3) is 0.353. The molecular weight excluding hydrogens is 353 g/mol. The van der Waals surface area contributed by atoms with Gasteiger partial charge >= 0.3 is 12.1 Å². The van der Waals surface area contributed by atoms with Gasteiger partial charge in [-0.1, -0.05) is 23.8 Å². The molecule has 1 aromatic rings. The largest absolute Gasteiger partial charge is 0.490 e. The number of nitrogens with one attached hydrogen (secondary N) is 1. The van der Waals surface area contributed by atoms with E-state index in [-0.39, 0.29) is 11.8 Å². The van der Waals surface area contributed by atoms with Crippen molar-refractivity contribution in [2.45, 2.75) is 19.0 Å². The Morgan fingerprint density at radius 1 is 1.19 bits per heavy atom. The second-order valence-corrected chi connectivity index (χ2v) is 5.71. The number of carbonyl (C=O) groups is 3. The molecular formula is C17H17F3N2O4. The average Bonchev–Trinajstić information content (AvgIpc) is 2.85. The number of carbonyl (C=O) groups excluding carboxylic acids is 2. The van der Waals surface area contributed by atoms with Crippen LogP contribution in [0.5, 0.6) is 0 Å². The van der Waals surface area contributed by atoms with E-state index in [4.69, 9.17) is 9.90 Å². The van der Waals surface area contributed by atoms with E-state index in [1.54, 1.807) is 24.3 Å². The minimum absolute atomic E-state index is 0.179. The number of aliphatic carboxylic acids is 1. The van der Waals surface area contributed by atoms with Crippen LogP contribution < -0.4 is 5.32 Å². The van der Waals surface area contributed by atoms with Crippen LogP contribution in [0.3, 0.4) is 0 Å². The van der Waals surface area contributed by atoms with Crippen molar-refractivity contribution in [1.29, 1.82) is 0 Å². The van der Waals surface area contributed by atoms with Gasteiger partial charge in [-0.15, -0.1) is 0 Å². The second kappa shape index (κ2) is 8.13. The molecule has 140 valence electrons. The average molecular weight is 370 g/mol. The molecule has 26 heavy (non-hydrogen) atoms. The molecule has 0 aromatic heterocycles. The van der Waals surface area contributed by atoms with Crippen molar-refractivity contribution in [1.82, 2.24) is 10.2 Å². The first-order chi connectivity index (χ1) is 12.2. The first-order valence-corrected chi connectivity index (χ1v) is 7.85. The van der Waals surface area contributed by atoms with Crippen molar-refractivity contribution >= 4 is 17.8 Å². The van der Waals surface area contributed by atoms with Crippen LogP contribution in [-0.4, -0.2) is 53.6 Å². The highest BCUT2D eigenvalue weighted by Crippen LogP contribution is 2.22. The standard InChI is InChI=1S/C15H16N2O2.C2HF3O2/c18-14-12-5-1-2-6-13(12)15(19)17(14)9-7-11-4-3-8-16-10-11;3-2(4,5)1(6)7/h1-2,5-7,16H,3-4,8-10H2;(H,6,7)/b11-7-;. The molecule has 2 N–H and O–H groups in total. The van der Waals surface area contributed by atoms with Gasteiger partial charge in [-0.3, -0.25) is 14.5 Å². The van der Waals surface area contributed by atoms with Crippen molar-refractivity contribution in [3.8, 4) is 0 Å². The third-order valence-electron chi connectivity index (χ3n) is 3.89. The molecule has 2 amide bonds. The molecule has 2 aliphatic heterocycles. The molecule has 0 aliphatic carbocycles. The molecule has 1 aromatic carbocycles. The summed E-state index contributed by atoms with van der Waals surface area (Å²) in [7, 11) is 0. The van der Waals surface area contributed by atoms with E-state index in [1.807, 2.05) is 6.08 Å². The molecule has 0 radical (unpaired) electrons. The van der Waals surface area contributed by atoms with Gasteiger partial charge in [0.1, 0.15) is 0 Å². The first kappa shape index (κ1) is 19.6. The Bertz CT molecular complexity index is 701. The number of carboxylic acids is 1. The smallest absolute Gasteiger partial charge is 0.475 e. The molecule has 1 fully saturated rings. The zero-order valence-corrected chi connectivity index (χ0v) is 13.7. The Balaban J connectivity index is 0.000000298. The van der Waals surface area contributed by atoms with Crippen molar-refractivity contribution in [3.63, 3.8) is 0 Å². The van der Waals surface area contributed by atoms with Crippen LogP contribution in [0.1, 0.15) is 33.6 Å². The Kier molecular flexibility index (Phi) is 6.14. The number of nitrogens with zero attached hydrogens (tertiary/aromatic N) is 1. The molecule has 3 rings (SSSR count). The number of imide groups is 1. The van der Waals surface area contributed by atoms with Crippen LogP contribution in [0.4, 0.5) is 13.2 Å². The predicted molar refractivity (Wildman–Crippen MR) is 85.7 cm³/mol. The maximum atomic E-state index is 12.1. The van der Waals surface area contributed by atoms with Crippen LogP contribution in [0.2, 0.25) is 0 Å². The topological polar surface area (TPSA) is 86.7 Å². The minimum Gasteiger partial charge on any atom is -0.475 e. The van der Waals surface area contributed by atoms with E-state index >= 15 is 0 Å².